The molecule has 6 nitrogen and oxygen atoms in total. The number of nitrogens with zero attached hydrogens (tertiary/aromatic N) is 1. The molecule has 156 valence electrons. The Hall–Kier alpha value is -3.80. The Morgan fingerprint density at radius 3 is 2.29 bits per heavy atom. The lowest BCUT2D eigenvalue weighted by Gasteiger charge is -2.30. The monoisotopic (exact) mass is 415 g/mol. The highest BCUT2D eigenvalue weighted by atomic mass is 16.6. The highest BCUT2D eigenvalue weighted by molar-refractivity contribution is 5.95. The summed E-state index contributed by atoms with van der Waals surface area (Å²) in [6.07, 6.45) is 0.704. The quantitative estimate of drug-likeness (QED) is 0.642. The maximum absolute atomic E-state index is 13.0. The van der Waals surface area contributed by atoms with Crippen LogP contribution >= 0.6 is 0 Å². The van der Waals surface area contributed by atoms with E-state index in [0.717, 1.165) is 22.3 Å². The maximum atomic E-state index is 13.0. The number of carbonyl (C=O) groups is 2. The van der Waals surface area contributed by atoms with E-state index in [1.165, 1.54) is 17.0 Å². The number of fused-ring (bicyclic) bond motifs is 4. The number of carboxylic acid groups (broad SMARTS) is 1. The Balaban J connectivity index is 1.41. The lowest BCUT2D eigenvalue weighted by Crippen LogP contribution is -2.36. The van der Waals surface area contributed by atoms with Crippen molar-refractivity contribution in [3.8, 4) is 16.9 Å². The molecule has 0 aromatic heterocycles. The molecule has 0 saturated carbocycles. The molecule has 1 aliphatic heterocycles. The van der Waals surface area contributed by atoms with Gasteiger partial charge in [0.1, 0.15) is 12.4 Å². The third-order valence-corrected chi connectivity index (χ3v) is 6.11. The predicted molar refractivity (Wildman–Crippen MR) is 116 cm³/mol. The van der Waals surface area contributed by atoms with Crippen molar-refractivity contribution >= 4 is 17.7 Å². The minimum atomic E-state index is -1.16. The second-order valence-electron chi connectivity index (χ2n) is 7.86. The van der Waals surface area contributed by atoms with Crippen LogP contribution in [0.5, 0.6) is 5.75 Å². The zero-order chi connectivity index (χ0) is 21.5. The van der Waals surface area contributed by atoms with Gasteiger partial charge in [0.15, 0.2) is 0 Å². The van der Waals surface area contributed by atoms with Gasteiger partial charge in [-0.25, -0.2) is 9.59 Å². The SMILES string of the molecule is O=C(O)c1cc(O)c2c(c1)N(C(=O)OCC1c3ccccc3-c3ccccc31)CCC2. The number of ether oxygens (including phenoxy) is 1. The molecule has 0 spiro atoms. The number of anilines is 1. The van der Waals surface area contributed by atoms with Gasteiger partial charge in [0.2, 0.25) is 0 Å². The molecular weight excluding hydrogens is 394 g/mol. The molecule has 1 amide bonds. The van der Waals surface area contributed by atoms with Crippen molar-refractivity contribution in [2.45, 2.75) is 18.8 Å². The molecule has 1 aliphatic carbocycles. The molecule has 5 rings (SSSR count). The summed E-state index contributed by atoms with van der Waals surface area (Å²) in [5.74, 6) is -1.32. The van der Waals surface area contributed by atoms with Crippen molar-refractivity contribution in [1.82, 2.24) is 0 Å². The number of phenols is 1. The normalized spacial score (nSPS) is 14.5. The van der Waals surface area contributed by atoms with E-state index in [-0.39, 0.29) is 23.8 Å². The maximum Gasteiger partial charge on any atom is 0.414 e. The van der Waals surface area contributed by atoms with E-state index in [9.17, 15) is 19.8 Å². The third kappa shape index (κ3) is 3.20. The standard InChI is InChI=1S/C25H21NO5/c27-23-13-15(24(28)29)12-22-20(23)10-5-11-26(22)25(30)31-14-21-18-8-3-1-6-16(18)17-7-2-4-9-19(17)21/h1-4,6-9,12-13,21,27H,5,10-11,14H2,(H,28,29). The Morgan fingerprint density at radius 2 is 1.65 bits per heavy atom. The van der Waals surface area contributed by atoms with E-state index in [4.69, 9.17) is 4.74 Å². The van der Waals surface area contributed by atoms with Crippen LogP contribution in [0.1, 0.15) is 39.4 Å². The topological polar surface area (TPSA) is 87.1 Å². The summed E-state index contributed by atoms with van der Waals surface area (Å²) in [6.45, 7) is 0.593. The number of rotatable bonds is 3. The predicted octanol–water partition coefficient (Wildman–Crippen LogP) is 4.79. The van der Waals surface area contributed by atoms with Crippen LogP contribution in [-0.2, 0) is 11.2 Å². The summed E-state index contributed by atoms with van der Waals surface area (Å²) >= 11 is 0. The highest BCUT2D eigenvalue weighted by Gasteiger charge is 2.31. The van der Waals surface area contributed by atoms with E-state index in [1.807, 2.05) is 24.3 Å². The lowest BCUT2D eigenvalue weighted by atomic mass is 9.98. The number of amides is 1. The Bertz CT molecular complexity index is 1160. The minimum absolute atomic E-state index is 0.0561. The van der Waals surface area contributed by atoms with Gasteiger partial charge >= 0.3 is 12.1 Å². The zero-order valence-electron chi connectivity index (χ0n) is 16.7. The molecule has 1 heterocycles. The van der Waals surface area contributed by atoms with Crippen LogP contribution in [-0.4, -0.2) is 35.4 Å². The first-order valence-corrected chi connectivity index (χ1v) is 10.3. The van der Waals surface area contributed by atoms with Gasteiger partial charge in [-0.2, -0.15) is 0 Å². The summed E-state index contributed by atoms with van der Waals surface area (Å²) in [5.41, 5.74) is 5.47. The van der Waals surface area contributed by atoms with Gasteiger partial charge in [-0.3, -0.25) is 4.90 Å². The smallest absolute Gasteiger partial charge is 0.414 e. The number of carbonyl (C=O) groups excluding carboxylic acids is 1. The number of hydrogen-bond acceptors (Lipinski definition) is 4. The van der Waals surface area contributed by atoms with Crippen molar-refractivity contribution in [2.75, 3.05) is 18.1 Å². The van der Waals surface area contributed by atoms with Crippen molar-refractivity contribution in [3.05, 3.63) is 82.9 Å². The molecule has 3 aromatic rings. The Kier molecular flexibility index (Phi) is 4.62. The molecule has 2 aliphatic rings. The molecule has 0 unspecified atom stereocenters. The highest BCUT2D eigenvalue weighted by Crippen LogP contribution is 2.44. The molecule has 2 N–H and O–H groups in total. The van der Waals surface area contributed by atoms with Crippen molar-refractivity contribution < 1.29 is 24.5 Å². The molecule has 6 heteroatoms. The van der Waals surface area contributed by atoms with Crippen molar-refractivity contribution in [2.24, 2.45) is 0 Å². The molecule has 0 saturated heterocycles. The zero-order valence-corrected chi connectivity index (χ0v) is 16.7. The van der Waals surface area contributed by atoms with Gasteiger partial charge in [0.05, 0.1) is 11.3 Å². The van der Waals surface area contributed by atoms with Crippen molar-refractivity contribution in [3.63, 3.8) is 0 Å². The lowest BCUT2D eigenvalue weighted by molar-refractivity contribution is 0.0696. The van der Waals surface area contributed by atoms with Crippen LogP contribution in [0.2, 0.25) is 0 Å². The summed E-state index contributed by atoms with van der Waals surface area (Å²) in [7, 11) is 0. The molecule has 0 radical (unpaired) electrons. The number of aromatic carboxylic acids is 1. The summed E-state index contributed by atoms with van der Waals surface area (Å²) in [6, 6.07) is 18.9. The number of benzene rings is 3. The number of hydrogen-bond donors (Lipinski definition) is 2. The van der Waals surface area contributed by atoms with Crippen LogP contribution < -0.4 is 4.90 Å². The summed E-state index contributed by atoms with van der Waals surface area (Å²) in [5, 5.41) is 19.6. The van der Waals surface area contributed by atoms with E-state index < -0.39 is 12.1 Å². The summed E-state index contributed by atoms with van der Waals surface area (Å²) in [4.78, 5) is 25.8. The summed E-state index contributed by atoms with van der Waals surface area (Å²) < 4.78 is 5.73. The fourth-order valence-electron chi connectivity index (χ4n) is 4.66. The van der Waals surface area contributed by atoms with Gasteiger partial charge in [-0.05, 0) is 47.2 Å². The molecule has 0 atom stereocenters. The molecule has 3 aromatic carbocycles. The van der Waals surface area contributed by atoms with Gasteiger partial charge in [0, 0.05) is 18.0 Å². The van der Waals surface area contributed by atoms with E-state index in [1.54, 1.807) is 0 Å². The first-order valence-electron chi connectivity index (χ1n) is 10.3. The largest absolute Gasteiger partial charge is 0.508 e. The molecule has 31 heavy (non-hydrogen) atoms. The van der Waals surface area contributed by atoms with Gasteiger partial charge in [0.25, 0.3) is 0 Å². The van der Waals surface area contributed by atoms with Crippen molar-refractivity contribution in [1.29, 1.82) is 0 Å². The fourth-order valence-corrected chi connectivity index (χ4v) is 4.66. The average molecular weight is 415 g/mol. The molecule has 0 bridgehead atoms. The van der Waals surface area contributed by atoms with Gasteiger partial charge in [-0.15, -0.1) is 0 Å². The molecular formula is C25H21NO5. The van der Waals surface area contributed by atoms with Crippen LogP contribution in [0.25, 0.3) is 11.1 Å². The molecule has 0 fully saturated rings. The average Bonchev–Trinajstić information content (AvgIpc) is 3.11. The van der Waals surface area contributed by atoms with Gasteiger partial charge < -0.3 is 14.9 Å². The van der Waals surface area contributed by atoms with Crippen LogP contribution in [0.3, 0.4) is 0 Å². The number of aromatic hydroxyl groups is 1. The Labute approximate surface area is 179 Å². The van der Waals surface area contributed by atoms with Crippen LogP contribution in [0, 0.1) is 0 Å². The van der Waals surface area contributed by atoms with Gasteiger partial charge in [-0.1, -0.05) is 48.5 Å². The fraction of sp³-hybridized carbons (Fsp3) is 0.200. The van der Waals surface area contributed by atoms with Crippen LogP contribution in [0.15, 0.2) is 60.7 Å². The second kappa shape index (κ2) is 7.47. The Morgan fingerprint density at radius 1 is 1.00 bits per heavy atom. The van der Waals surface area contributed by atoms with E-state index in [2.05, 4.69) is 24.3 Å². The minimum Gasteiger partial charge on any atom is -0.508 e. The van der Waals surface area contributed by atoms with E-state index in [0.29, 0.717) is 30.6 Å². The van der Waals surface area contributed by atoms with E-state index >= 15 is 0 Å². The number of carboxylic acids is 1. The number of phenolic OH excluding ortho intramolecular Hbond substituents is 1. The first kappa shape index (κ1) is 19.2. The third-order valence-electron chi connectivity index (χ3n) is 6.11. The second-order valence-corrected chi connectivity index (χ2v) is 7.86. The first-order chi connectivity index (χ1) is 15.0. The van der Waals surface area contributed by atoms with Crippen LogP contribution in [0.4, 0.5) is 10.5 Å².